The quantitative estimate of drug-likeness (QED) is 0.514. The molecule has 0 aromatic heterocycles. The summed E-state index contributed by atoms with van der Waals surface area (Å²) in [4.78, 5) is 25.8. The van der Waals surface area contributed by atoms with Gasteiger partial charge in [0.15, 0.2) is 0 Å². The highest BCUT2D eigenvalue weighted by atomic mass is 16.5. The molecule has 2 heterocycles. The summed E-state index contributed by atoms with van der Waals surface area (Å²) in [6.45, 7) is 1.27. The molecule has 2 aliphatic heterocycles. The van der Waals surface area contributed by atoms with E-state index in [0.29, 0.717) is 25.9 Å². The Kier molecular flexibility index (Phi) is 2.40. The Hall–Kier alpha value is -1.10. The predicted octanol–water partition coefficient (Wildman–Crippen LogP) is 0.329. The van der Waals surface area contributed by atoms with Gasteiger partial charge in [0.05, 0.1) is 19.3 Å². The number of methoxy groups -OCH3 is 1. The number of esters is 1. The SMILES string of the molecule is COC(=O)C1(C(=O)N2C[C@H]3CC[C@@H](C2)O3)CC1. The summed E-state index contributed by atoms with van der Waals surface area (Å²) in [5.74, 6) is -0.425. The van der Waals surface area contributed by atoms with Crippen LogP contribution in [-0.2, 0) is 19.1 Å². The number of carbonyl (C=O) groups is 2. The molecule has 2 saturated heterocycles. The van der Waals surface area contributed by atoms with Crippen molar-refractivity contribution in [2.75, 3.05) is 20.2 Å². The van der Waals surface area contributed by atoms with E-state index in [1.165, 1.54) is 7.11 Å². The van der Waals surface area contributed by atoms with E-state index in [1.807, 2.05) is 0 Å². The van der Waals surface area contributed by atoms with E-state index in [1.54, 1.807) is 4.90 Å². The molecule has 0 aromatic carbocycles. The Bertz CT molecular complexity index is 352. The van der Waals surface area contributed by atoms with Crippen molar-refractivity contribution in [1.82, 2.24) is 4.90 Å². The van der Waals surface area contributed by atoms with Gasteiger partial charge in [-0.05, 0) is 25.7 Å². The van der Waals surface area contributed by atoms with Gasteiger partial charge in [0.25, 0.3) is 0 Å². The van der Waals surface area contributed by atoms with Gasteiger partial charge in [-0.1, -0.05) is 0 Å². The van der Waals surface area contributed by atoms with E-state index in [0.717, 1.165) is 12.8 Å². The summed E-state index contributed by atoms with van der Waals surface area (Å²) in [6, 6.07) is 0. The molecule has 0 radical (unpaired) electrons. The molecule has 1 aliphatic carbocycles. The first-order valence-electron chi connectivity index (χ1n) is 6.19. The van der Waals surface area contributed by atoms with Crippen molar-refractivity contribution < 1.29 is 19.1 Å². The summed E-state index contributed by atoms with van der Waals surface area (Å²) < 4.78 is 10.4. The largest absolute Gasteiger partial charge is 0.468 e. The lowest BCUT2D eigenvalue weighted by atomic mass is 10.1. The van der Waals surface area contributed by atoms with Gasteiger partial charge in [0, 0.05) is 13.1 Å². The molecule has 1 saturated carbocycles. The molecule has 2 bridgehead atoms. The topological polar surface area (TPSA) is 55.8 Å². The second-order valence-electron chi connectivity index (χ2n) is 5.24. The van der Waals surface area contributed by atoms with Crippen LogP contribution in [0, 0.1) is 5.41 Å². The van der Waals surface area contributed by atoms with Crippen molar-refractivity contribution >= 4 is 11.9 Å². The second-order valence-corrected chi connectivity index (χ2v) is 5.24. The number of fused-ring (bicyclic) bond motifs is 2. The molecule has 3 fully saturated rings. The van der Waals surface area contributed by atoms with Gasteiger partial charge < -0.3 is 14.4 Å². The highest BCUT2D eigenvalue weighted by Crippen LogP contribution is 2.49. The van der Waals surface area contributed by atoms with Crippen LogP contribution < -0.4 is 0 Å². The molecule has 3 rings (SSSR count). The highest BCUT2D eigenvalue weighted by Gasteiger charge is 2.60. The minimum atomic E-state index is -0.856. The maximum absolute atomic E-state index is 12.4. The molecule has 0 spiro atoms. The number of hydrogen-bond acceptors (Lipinski definition) is 4. The number of rotatable bonds is 2. The van der Waals surface area contributed by atoms with E-state index in [9.17, 15) is 9.59 Å². The fourth-order valence-electron chi connectivity index (χ4n) is 2.91. The maximum atomic E-state index is 12.4. The lowest BCUT2D eigenvalue weighted by Gasteiger charge is -2.34. The van der Waals surface area contributed by atoms with Gasteiger partial charge in [-0.3, -0.25) is 9.59 Å². The van der Waals surface area contributed by atoms with Gasteiger partial charge in [-0.25, -0.2) is 0 Å². The first kappa shape index (κ1) is 11.0. The monoisotopic (exact) mass is 239 g/mol. The Balaban J connectivity index is 1.72. The average molecular weight is 239 g/mol. The van der Waals surface area contributed by atoms with Crippen LogP contribution in [0.25, 0.3) is 0 Å². The van der Waals surface area contributed by atoms with E-state index in [-0.39, 0.29) is 24.1 Å². The van der Waals surface area contributed by atoms with Crippen molar-refractivity contribution in [2.45, 2.75) is 37.9 Å². The normalized spacial score (nSPS) is 33.4. The number of hydrogen-bond donors (Lipinski definition) is 0. The first-order chi connectivity index (χ1) is 8.15. The molecule has 2 atom stereocenters. The minimum Gasteiger partial charge on any atom is -0.468 e. The van der Waals surface area contributed by atoms with Crippen molar-refractivity contribution in [3.05, 3.63) is 0 Å². The molecular weight excluding hydrogens is 222 g/mol. The Morgan fingerprint density at radius 3 is 2.29 bits per heavy atom. The Morgan fingerprint density at radius 1 is 1.24 bits per heavy atom. The fraction of sp³-hybridized carbons (Fsp3) is 0.833. The number of morpholine rings is 1. The van der Waals surface area contributed by atoms with Crippen LogP contribution in [0.4, 0.5) is 0 Å². The van der Waals surface area contributed by atoms with Crippen LogP contribution >= 0.6 is 0 Å². The zero-order valence-electron chi connectivity index (χ0n) is 9.98. The molecular formula is C12H17NO4. The lowest BCUT2D eigenvalue weighted by molar-refractivity contribution is -0.159. The number of carbonyl (C=O) groups excluding carboxylic acids is 2. The highest BCUT2D eigenvalue weighted by molar-refractivity contribution is 6.05. The molecule has 3 aliphatic rings. The summed E-state index contributed by atoms with van der Waals surface area (Å²) in [7, 11) is 1.35. The van der Waals surface area contributed by atoms with E-state index >= 15 is 0 Å². The first-order valence-corrected chi connectivity index (χ1v) is 6.19. The zero-order valence-corrected chi connectivity index (χ0v) is 9.98. The van der Waals surface area contributed by atoms with Crippen LogP contribution in [0.2, 0.25) is 0 Å². The fourth-order valence-corrected chi connectivity index (χ4v) is 2.91. The third-order valence-corrected chi connectivity index (χ3v) is 4.07. The smallest absolute Gasteiger partial charge is 0.321 e. The molecule has 0 N–H and O–H groups in total. The number of amides is 1. The van der Waals surface area contributed by atoms with Gasteiger partial charge in [-0.2, -0.15) is 0 Å². The van der Waals surface area contributed by atoms with Crippen molar-refractivity contribution in [3.63, 3.8) is 0 Å². The van der Waals surface area contributed by atoms with Crippen LogP contribution in [0.15, 0.2) is 0 Å². The van der Waals surface area contributed by atoms with Gasteiger partial charge in [0.2, 0.25) is 5.91 Å². The van der Waals surface area contributed by atoms with E-state index in [4.69, 9.17) is 9.47 Å². The second kappa shape index (κ2) is 3.70. The van der Waals surface area contributed by atoms with Gasteiger partial charge in [-0.15, -0.1) is 0 Å². The van der Waals surface area contributed by atoms with E-state index < -0.39 is 5.41 Å². The number of likely N-dealkylation sites (tertiary alicyclic amines) is 1. The molecule has 94 valence electrons. The van der Waals surface area contributed by atoms with E-state index in [2.05, 4.69) is 0 Å². The van der Waals surface area contributed by atoms with Crippen LogP contribution in [0.1, 0.15) is 25.7 Å². The molecule has 5 heteroatoms. The number of ether oxygens (including phenoxy) is 2. The average Bonchev–Trinajstić information content (AvgIpc) is 3.09. The van der Waals surface area contributed by atoms with Gasteiger partial charge in [0.1, 0.15) is 5.41 Å². The third-order valence-electron chi connectivity index (χ3n) is 4.07. The molecule has 0 unspecified atom stereocenters. The zero-order chi connectivity index (χ0) is 12.0. The predicted molar refractivity (Wildman–Crippen MR) is 58.2 cm³/mol. The molecule has 17 heavy (non-hydrogen) atoms. The Labute approximate surface area is 100 Å². The summed E-state index contributed by atoms with van der Waals surface area (Å²) in [6.07, 6.45) is 3.66. The van der Waals surface area contributed by atoms with Crippen molar-refractivity contribution in [1.29, 1.82) is 0 Å². The van der Waals surface area contributed by atoms with Crippen molar-refractivity contribution in [2.24, 2.45) is 5.41 Å². The minimum absolute atomic E-state index is 0.0513. The summed E-state index contributed by atoms with van der Waals surface area (Å²) >= 11 is 0. The number of nitrogens with zero attached hydrogens (tertiary/aromatic N) is 1. The Morgan fingerprint density at radius 2 is 1.82 bits per heavy atom. The third kappa shape index (κ3) is 1.64. The maximum Gasteiger partial charge on any atom is 0.321 e. The van der Waals surface area contributed by atoms with Crippen molar-refractivity contribution in [3.8, 4) is 0 Å². The van der Waals surface area contributed by atoms with Crippen LogP contribution in [-0.4, -0.2) is 49.2 Å². The lowest BCUT2D eigenvalue weighted by Crippen LogP contribution is -2.50. The van der Waals surface area contributed by atoms with Gasteiger partial charge >= 0.3 is 5.97 Å². The summed E-state index contributed by atoms with van der Waals surface area (Å²) in [5, 5.41) is 0. The standard InChI is InChI=1S/C12H17NO4/c1-16-11(15)12(4-5-12)10(14)13-6-8-2-3-9(7-13)17-8/h8-9H,2-7H2,1H3/t8-,9+. The van der Waals surface area contributed by atoms with Crippen LogP contribution in [0.5, 0.6) is 0 Å². The molecule has 5 nitrogen and oxygen atoms in total. The molecule has 0 aromatic rings. The molecule has 1 amide bonds. The van der Waals surface area contributed by atoms with Crippen LogP contribution in [0.3, 0.4) is 0 Å². The summed E-state index contributed by atoms with van der Waals surface area (Å²) in [5.41, 5.74) is -0.856.